The molecule has 3 nitrogen and oxygen atoms in total. The summed E-state index contributed by atoms with van der Waals surface area (Å²) in [6, 6.07) is 8.93. The van der Waals surface area contributed by atoms with Crippen LogP contribution in [0.5, 0.6) is 0 Å². The molecule has 0 aliphatic heterocycles. The molecule has 0 aliphatic carbocycles. The van der Waals surface area contributed by atoms with Crippen LogP contribution < -0.4 is 5.32 Å². The fourth-order valence-electron chi connectivity index (χ4n) is 1.74. The van der Waals surface area contributed by atoms with Crippen molar-refractivity contribution in [3.8, 4) is 0 Å². The minimum Gasteiger partial charge on any atom is -0.440 e. The zero-order valence-electron chi connectivity index (χ0n) is 10.0. The standard InChI is InChI=1S/C13H16N2OS/c1-3-12(14-2)10-4-6-11(7-5-10)17-13-15-8-9-16-13/h4-9,12,14H,3H2,1-2H3. The molecule has 1 unspecified atom stereocenters. The Balaban J connectivity index is 2.07. The van der Waals surface area contributed by atoms with Crippen molar-refractivity contribution in [2.24, 2.45) is 0 Å². The molecule has 1 N–H and O–H groups in total. The van der Waals surface area contributed by atoms with E-state index in [2.05, 4.69) is 41.5 Å². The van der Waals surface area contributed by atoms with Crippen molar-refractivity contribution in [3.63, 3.8) is 0 Å². The number of hydrogen-bond donors (Lipinski definition) is 1. The van der Waals surface area contributed by atoms with E-state index in [9.17, 15) is 0 Å². The van der Waals surface area contributed by atoms with Crippen molar-refractivity contribution in [1.82, 2.24) is 10.3 Å². The van der Waals surface area contributed by atoms with Gasteiger partial charge in [0.1, 0.15) is 6.26 Å². The van der Waals surface area contributed by atoms with E-state index < -0.39 is 0 Å². The van der Waals surface area contributed by atoms with Crippen LogP contribution in [-0.4, -0.2) is 12.0 Å². The Bertz CT molecular complexity index is 435. The Hall–Kier alpha value is -1.26. The molecule has 0 saturated carbocycles. The number of rotatable bonds is 5. The fraction of sp³-hybridized carbons (Fsp3) is 0.308. The lowest BCUT2D eigenvalue weighted by atomic mass is 10.1. The molecule has 0 radical (unpaired) electrons. The Morgan fingerprint density at radius 2 is 2.12 bits per heavy atom. The molecule has 1 aromatic carbocycles. The van der Waals surface area contributed by atoms with Gasteiger partial charge in [-0.05, 0) is 42.9 Å². The maximum atomic E-state index is 5.20. The minimum absolute atomic E-state index is 0.427. The molecular weight excluding hydrogens is 232 g/mol. The minimum atomic E-state index is 0.427. The first kappa shape index (κ1) is 12.2. The maximum Gasteiger partial charge on any atom is 0.260 e. The van der Waals surface area contributed by atoms with Crippen LogP contribution in [-0.2, 0) is 0 Å². The summed E-state index contributed by atoms with van der Waals surface area (Å²) in [5.41, 5.74) is 1.31. The molecule has 2 rings (SSSR count). The average molecular weight is 248 g/mol. The molecule has 1 heterocycles. The summed E-state index contributed by atoms with van der Waals surface area (Å²) in [5, 5.41) is 3.97. The van der Waals surface area contributed by atoms with Gasteiger partial charge in [0.25, 0.3) is 5.22 Å². The summed E-state index contributed by atoms with van der Waals surface area (Å²) in [7, 11) is 1.99. The maximum absolute atomic E-state index is 5.20. The van der Waals surface area contributed by atoms with E-state index in [1.54, 1.807) is 12.5 Å². The van der Waals surface area contributed by atoms with Crippen molar-refractivity contribution in [2.75, 3.05) is 7.05 Å². The molecule has 0 amide bonds. The van der Waals surface area contributed by atoms with Gasteiger partial charge in [0.2, 0.25) is 0 Å². The number of aromatic nitrogens is 1. The lowest BCUT2D eigenvalue weighted by molar-refractivity contribution is 0.454. The Morgan fingerprint density at radius 3 is 2.65 bits per heavy atom. The molecule has 1 aromatic heterocycles. The van der Waals surface area contributed by atoms with Gasteiger partial charge in [0.15, 0.2) is 0 Å². The van der Waals surface area contributed by atoms with Crippen LogP contribution in [0.3, 0.4) is 0 Å². The first-order chi connectivity index (χ1) is 8.33. The summed E-state index contributed by atoms with van der Waals surface area (Å²) in [5.74, 6) is 0. The first-order valence-electron chi connectivity index (χ1n) is 5.68. The molecule has 4 heteroatoms. The van der Waals surface area contributed by atoms with Crippen LogP contribution in [0.25, 0.3) is 0 Å². The van der Waals surface area contributed by atoms with Gasteiger partial charge < -0.3 is 9.73 Å². The van der Waals surface area contributed by atoms with Crippen molar-refractivity contribution < 1.29 is 4.42 Å². The smallest absolute Gasteiger partial charge is 0.260 e. The van der Waals surface area contributed by atoms with Gasteiger partial charge in [-0.1, -0.05) is 19.1 Å². The van der Waals surface area contributed by atoms with Crippen LogP contribution >= 0.6 is 11.8 Å². The van der Waals surface area contributed by atoms with Crippen molar-refractivity contribution >= 4 is 11.8 Å². The zero-order chi connectivity index (χ0) is 12.1. The number of nitrogens with zero attached hydrogens (tertiary/aromatic N) is 1. The van der Waals surface area contributed by atoms with Crippen molar-refractivity contribution in [3.05, 3.63) is 42.3 Å². The van der Waals surface area contributed by atoms with Gasteiger partial charge in [-0.2, -0.15) is 0 Å². The monoisotopic (exact) mass is 248 g/mol. The predicted octanol–water partition coefficient (Wildman–Crippen LogP) is 3.50. The largest absolute Gasteiger partial charge is 0.440 e. The summed E-state index contributed by atoms with van der Waals surface area (Å²) >= 11 is 1.53. The number of oxazole rings is 1. The third-order valence-corrected chi connectivity index (χ3v) is 3.54. The molecule has 2 aromatic rings. The SMILES string of the molecule is CCC(NC)c1ccc(Sc2ncco2)cc1. The summed E-state index contributed by atoms with van der Waals surface area (Å²) < 4.78 is 5.20. The normalized spacial score (nSPS) is 12.6. The van der Waals surface area contributed by atoms with E-state index in [0.29, 0.717) is 11.3 Å². The lowest BCUT2D eigenvalue weighted by Gasteiger charge is -2.14. The molecule has 0 fully saturated rings. The van der Waals surface area contributed by atoms with E-state index in [1.165, 1.54) is 17.3 Å². The van der Waals surface area contributed by atoms with E-state index >= 15 is 0 Å². The highest BCUT2D eigenvalue weighted by molar-refractivity contribution is 7.99. The summed E-state index contributed by atoms with van der Waals surface area (Å²) in [6.45, 7) is 2.18. The van der Waals surface area contributed by atoms with Crippen LogP contribution in [0.2, 0.25) is 0 Å². The Morgan fingerprint density at radius 1 is 1.35 bits per heavy atom. The van der Waals surface area contributed by atoms with Crippen LogP contribution in [0.4, 0.5) is 0 Å². The second-order valence-electron chi connectivity index (χ2n) is 3.72. The van der Waals surface area contributed by atoms with Gasteiger partial charge in [-0.15, -0.1) is 0 Å². The van der Waals surface area contributed by atoms with E-state index in [-0.39, 0.29) is 0 Å². The molecule has 0 aliphatic rings. The number of nitrogens with one attached hydrogen (secondary N) is 1. The van der Waals surface area contributed by atoms with E-state index in [0.717, 1.165) is 11.3 Å². The van der Waals surface area contributed by atoms with Gasteiger partial charge in [-0.3, -0.25) is 0 Å². The van der Waals surface area contributed by atoms with Gasteiger partial charge in [0, 0.05) is 10.9 Å². The summed E-state index contributed by atoms with van der Waals surface area (Å²) in [4.78, 5) is 5.23. The molecule has 0 bridgehead atoms. The second kappa shape index (κ2) is 5.89. The Labute approximate surface area is 106 Å². The molecule has 0 saturated heterocycles. The molecule has 1 atom stereocenters. The highest BCUT2D eigenvalue weighted by Crippen LogP contribution is 2.27. The highest BCUT2D eigenvalue weighted by Gasteiger charge is 2.07. The van der Waals surface area contributed by atoms with Gasteiger partial charge >= 0.3 is 0 Å². The third kappa shape index (κ3) is 3.11. The number of hydrogen-bond acceptors (Lipinski definition) is 4. The van der Waals surface area contributed by atoms with Crippen LogP contribution in [0, 0.1) is 0 Å². The topological polar surface area (TPSA) is 38.1 Å². The molecule has 90 valence electrons. The van der Waals surface area contributed by atoms with Crippen LogP contribution in [0.1, 0.15) is 24.9 Å². The predicted molar refractivity (Wildman–Crippen MR) is 69.2 cm³/mol. The van der Waals surface area contributed by atoms with E-state index in [1.807, 2.05) is 7.05 Å². The molecule has 0 spiro atoms. The summed E-state index contributed by atoms with van der Waals surface area (Å²) in [6.07, 6.45) is 4.33. The van der Waals surface area contributed by atoms with Crippen molar-refractivity contribution in [1.29, 1.82) is 0 Å². The zero-order valence-corrected chi connectivity index (χ0v) is 10.8. The first-order valence-corrected chi connectivity index (χ1v) is 6.49. The van der Waals surface area contributed by atoms with Crippen LogP contribution in [0.15, 0.2) is 51.3 Å². The van der Waals surface area contributed by atoms with Gasteiger partial charge in [0.05, 0.1) is 6.20 Å². The fourth-order valence-corrected chi connectivity index (χ4v) is 2.43. The molecule has 17 heavy (non-hydrogen) atoms. The molecular formula is C13H16N2OS. The quantitative estimate of drug-likeness (QED) is 0.879. The highest BCUT2D eigenvalue weighted by atomic mass is 32.2. The van der Waals surface area contributed by atoms with Crippen molar-refractivity contribution in [2.45, 2.75) is 29.5 Å². The van der Waals surface area contributed by atoms with E-state index in [4.69, 9.17) is 4.42 Å². The second-order valence-corrected chi connectivity index (χ2v) is 4.74. The number of benzene rings is 1. The average Bonchev–Trinajstić information content (AvgIpc) is 2.86. The Kier molecular flexibility index (Phi) is 4.23. The lowest BCUT2D eigenvalue weighted by Crippen LogP contribution is -2.14. The third-order valence-electron chi connectivity index (χ3n) is 2.65. The van der Waals surface area contributed by atoms with Gasteiger partial charge in [-0.25, -0.2) is 4.98 Å².